The van der Waals surface area contributed by atoms with Crippen molar-refractivity contribution in [3.05, 3.63) is 109 Å². The number of carbonyl (C=O) groups excluding carboxylic acids is 3. The summed E-state index contributed by atoms with van der Waals surface area (Å²) in [5, 5.41) is 0. The third kappa shape index (κ3) is 59.0. The van der Waals surface area contributed by atoms with Crippen LogP contribution in [-0.4, -0.2) is 37.2 Å². The van der Waals surface area contributed by atoms with Crippen molar-refractivity contribution in [3.63, 3.8) is 0 Å². The molecule has 0 aromatic heterocycles. The highest BCUT2D eigenvalue weighted by Gasteiger charge is 2.19. The first kappa shape index (κ1) is 70.1. The van der Waals surface area contributed by atoms with Crippen LogP contribution in [0, 0.1) is 0 Å². The van der Waals surface area contributed by atoms with Crippen LogP contribution in [0.4, 0.5) is 0 Å². The van der Waals surface area contributed by atoms with E-state index in [9.17, 15) is 14.4 Å². The first-order chi connectivity index (χ1) is 36.5. The van der Waals surface area contributed by atoms with Crippen molar-refractivity contribution in [1.29, 1.82) is 0 Å². The summed E-state index contributed by atoms with van der Waals surface area (Å²) in [4.78, 5) is 38.0. The van der Waals surface area contributed by atoms with Gasteiger partial charge < -0.3 is 14.2 Å². The zero-order valence-electron chi connectivity index (χ0n) is 48.3. The van der Waals surface area contributed by atoms with Gasteiger partial charge in [0.15, 0.2) is 6.10 Å². The standard InChI is InChI=1S/C68H114O6/c1-4-7-10-13-16-18-20-22-24-26-28-29-30-31-32-33-34-35-36-37-38-39-41-42-44-46-48-50-52-55-58-61-67(70)73-64-65(63-72-66(69)60-57-54-15-12-9-6-3)74-68(71)62-59-56-53-51-49-47-45-43-40-27-25-23-21-19-17-14-11-8-5-2/h7-8,10-11,16-19,22-25,28-29,31-32,40,43,65H,4-6,9,12-15,20-21,26-27,30,33-39,41-42,44-64H2,1-3H3/b10-7-,11-8-,18-16-,19-17-,24-22-,25-23-,29-28-,32-31-,43-40-. The highest BCUT2D eigenvalue weighted by Crippen LogP contribution is 2.16. The van der Waals surface area contributed by atoms with E-state index in [0.29, 0.717) is 19.3 Å². The average Bonchev–Trinajstić information content (AvgIpc) is 3.40. The SMILES string of the molecule is CC/C=C\C/C=C\C/C=C\C/C=C\C/C=C\CCCCCCCCCCCCCCCCCC(=O)OCC(COC(=O)CCCCCCCC)OC(=O)CCCCCCCC/C=C\C/C=C\C/C=C\C/C=C\CC. The molecular weight excluding hydrogens is 913 g/mol. The molecule has 0 saturated carbocycles. The Morgan fingerprint density at radius 1 is 0.284 bits per heavy atom. The monoisotopic (exact) mass is 1030 g/mol. The van der Waals surface area contributed by atoms with E-state index >= 15 is 0 Å². The summed E-state index contributed by atoms with van der Waals surface area (Å²) in [5.41, 5.74) is 0. The van der Waals surface area contributed by atoms with Crippen LogP contribution in [0.25, 0.3) is 0 Å². The van der Waals surface area contributed by atoms with E-state index in [0.717, 1.165) is 128 Å². The molecule has 6 nitrogen and oxygen atoms in total. The summed E-state index contributed by atoms with van der Waals surface area (Å²) in [6.45, 7) is 6.35. The molecular formula is C68H114O6. The lowest BCUT2D eigenvalue weighted by molar-refractivity contribution is -0.167. The van der Waals surface area contributed by atoms with Crippen LogP contribution in [0.5, 0.6) is 0 Å². The second-order valence-corrected chi connectivity index (χ2v) is 20.2. The predicted octanol–water partition coefficient (Wildman–Crippen LogP) is 21.0. The Morgan fingerprint density at radius 2 is 0.527 bits per heavy atom. The summed E-state index contributed by atoms with van der Waals surface area (Å²) in [6, 6.07) is 0. The number of allylic oxidation sites excluding steroid dienone is 18. The molecule has 0 aromatic rings. The smallest absolute Gasteiger partial charge is 0.306 e. The molecule has 0 spiro atoms. The maximum atomic E-state index is 12.8. The molecule has 0 rings (SSSR count). The number of hydrogen-bond acceptors (Lipinski definition) is 6. The highest BCUT2D eigenvalue weighted by atomic mass is 16.6. The molecule has 0 fully saturated rings. The number of ether oxygens (including phenoxy) is 3. The number of rotatable bonds is 55. The maximum Gasteiger partial charge on any atom is 0.306 e. The van der Waals surface area contributed by atoms with Crippen molar-refractivity contribution < 1.29 is 28.6 Å². The highest BCUT2D eigenvalue weighted by molar-refractivity contribution is 5.71. The zero-order valence-corrected chi connectivity index (χ0v) is 48.3. The quantitative estimate of drug-likeness (QED) is 0.0261. The van der Waals surface area contributed by atoms with Gasteiger partial charge >= 0.3 is 17.9 Å². The molecule has 0 aromatic carbocycles. The fraction of sp³-hybridized carbons (Fsp3) is 0.691. The van der Waals surface area contributed by atoms with Crippen molar-refractivity contribution in [2.45, 2.75) is 290 Å². The van der Waals surface area contributed by atoms with Crippen LogP contribution < -0.4 is 0 Å². The van der Waals surface area contributed by atoms with E-state index in [4.69, 9.17) is 14.2 Å². The van der Waals surface area contributed by atoms with Crippen molar-refractivity contribution in [2.24, 2.45) is 0 Å². The second kappa shape index (κ2) is 61.6. The molecule has 0 radical (unpaired) electrons. The summed E-state index contributed by atoms with van der Waals surface area (Å²) in [6.07, 6.45) is 84.2. The van der Waals surface area contributed by atoms with Gasteiger partial charge in [0.1, 0.15) is 13.2 Å². The van der Waals surface area contributed by atoms with Crippen LogP contribution in [-0.2, 0) is 28.6 Å². The maximum absolute atomic E-state index is 12.8. The van der Waals surface area contributed by atoms with E-state index < -0.39 is 6.10 Å². The van der Waals surface area contributed by atoms with Gasteiger partial charge in [0.2, 0.25) is 0 Å². The van der Waals surface area contributed by atoms with Gasteiger partial charge in [-0.1, -0.05) is 271 Å². The first-order valence-corrected chi connectivity index (χ1v) is 30.9. The van der Waals surface area contributed by atoms with Gasteiger partial charge in [0.05, 0.1) is 0 Å². The Balaban J connectivity index is 4.07. The Hall–Kier alpha value is -3.93. The number of hydrogen-bond donors (Lipinski definition) is 0. The van der Waals surface area contributed by atoms with Gasteiger partial charge in [-0.05, 0) is 103 Å². The van der Waals surface area contributed by atoms with E-state index in [1.165, 1.54) is 116 Å². The second-order valence-electron chi connectivity index (χ2n) is 20.2. The first-order valence-electron chi connectivity index (χ1n) is 30.9. The molecule has 0 aliphatic rings. The fourth-order valence-electron chi connectivity index (χ4n) is 8.46. The van der Waals surface area contributed by atoms with Crippen molar-refractivity contribution in [2.75, 3.05) is 13.2 Å². The van der Waals surface area contributed by atoms with Crippen LogP contribution in [0.15, 0.2) is 109 Å². The van der Waals surface area contributed by atoms with E-state index in [1.54, 1.807) is 0 Å². The van der Waals surface area contributed by atoms with Gasteiger partial charge in [-0.25, -0.2) is 0 Å². The molecule has 422 valence electrons. The minimum absolute atomic E-state index is 0.0828. The normalized spacial score (nSPS) is 12.9. The van der Waals surface area contributed by atoms with Crippen LogP contribution in [0.1, 0.15) is 284 Å². The molecule has 0 amide bonds. The fourth-order valence-corrected chi connectivity index (χ4v) is 8.46. The minimum Gasteiger partial charge on any atom is -0.462 e. The Kier molecular flexibility index (Phi) is 58.3. The van der Waals surface area contributed by atoms with Gasteiger partial charge in [-0.3, -0.25) is 14.4 Å². The van der Waals surface area contributed by atoms with Crippen LogP contribution >= 0.6 is 0 Å². The molecule has 0 heterocycles. The number of esters is 3. The molecule has 0 bridgehead atoms. The van der Waals surface area contributed by atoms with E-state index in [1.807, 2.05) is 0 Å². The van der Waals surface area contributed by atoms with Crippen LogP contribution in [0.2, 0.25) is 0 Å². The predicted molar refractivity (Wildman–Crippen MR) is 320 cm³/mol. The molecule has 0 aliphatic carbocycles. The van der Waals surface area contributed by atoms with Gasteiger partial charge in [0.25, 0.3) is 0 Å². The topological polar surface area (TPSA) is 78.9 Å². The molecule has 0 N–H and O–H groups in total. The molecule has 1 atom stereocenters. The largest absolute Gasteiger partial charge is 0.462 e. The van der Waals surface area contributed by atoms with Crippen molar-refractivity contribution in [3.8, 4) is 0 Å². The minimum atomic E-state index is -0.783. The molecule has 0 aliphatic heterocycles. The van der Waals surface area contributed by atoms with E-state index in [2.05, 4.69) is 130 Å². The van der Waals surface area contributed by atoms with Gasteiger partial charge in [-0.2, -0.15) is 0 Å². The zero-order chi connectivity index (χ0) is 53.6. The number of unbranched alkanes of at least 4 members (excludes halogenated alkanes) is 26. The Bertz CT molecular complexity index is 1510. The lowest BCUT2D eigenvalue weighted by Crippen LogP contribution is -2.30. The number of carbonyl (C=O) groups is 3. The molecule has 74 heavy (non-hydrogen) atoms. The molecule has 0 saturated heterocycles. The Labute approximate surface area is 457 Å². The average molecular weight is 1030 g/mol. The third-order valence-electron chi connectivity index (χ3n) is 13.0. The lowest BCUT2D eigenvalue weighted by atomic mass is 10.0. The van der Waals surface area contributed by atoms with Gasteiger partial charge in [-0.15, -0.1) is 0 Å². The summed E-state index contributed by atoms with van der Waals surface area (Å²) in [5.74, 6) is -0.902. The third-order valence-corrected chi connectivity index (χ3v) is 13.0. The van der Waals surface area contributed by atoms with Crippen LogP contribution in [0.3, 0.4) is 0 Å². The van der Waals surface area contributed by atoms with Crippen molar-refractivity contribution in [1.82, 2.24) is 0 Å². The van der Waals surface area contributed by atoms with E-state index in [-0.39, 0.29) is 31.1 Å². The van der Waals surface area contributed by atoms with Crippen molar-refractivity contribution >= 4 is 17.9 Å². The molecule has 1 unspecified atom stereocenters. The van der Waals surface area contributed by atoms with Gasteiger partial charge in [0, 0.05) is 19.3 Å². The summed E-state index contributed by atoms with van der Waals surface area (Å²) in [7, 11) is 0. The summed E-state index contributed by atoms with van der Waals surface area (Å²) >= 11 is 0. The Morgan fingerprint density at radius 3 is 0.824 bits per heavy atom. The summed E-state index contributed by atoms with van der Waals surface area (Å²) < 4.78 is 16.8. The molecule has 6 heteroatoms. The lowest BCUT2D eigenvalue weighted by Gasteiger charge is -2.18.